The average Bonchev–Trinajstić information content (AvgIpc) is 3.53. The summed E-state index contributed by atoms with van der Waals surface area (Å²) in [7, 11) is 0. The topological polar surface area (TPSA) is 90.9 Å². The van der Waals surface area contributed by atoms with Crippen LogP contribution in [0.15, 0.2) is 61.4 Å². The minimum atomic E-state index is -4.26. The number of nitrogens with zero attached hydrogens (tertiary/aromatic N) is 6. The Hall–Kier alpha value is -4.20. The Morgan fingerprint density at radius 1 is 0.974 bits per heavy atom. The molecular formula is C24H20F6N6O2. The van der Waals surface area contributed by atoms with E-state index in [0.29, 0.717) is 11.6 Å². The molecule has 0 aliphatic rings. The summed E-state index contributed by atoms with van der Waals surface area (Å²) in [6, 6.07) is 8.54. The molecule has 4 rings (SSSR count). The lowest BCUT2D eigenvalue weighted by molar-refractivity contribution is -0.148. The summed E-state index contributed by atoms with van der Waals surface area (Å²) in [5.41, 5.74) is -1.46. The second kappa shape index (κ2) is 11.0. The van der Waals surface area contributed by atoms with Crippen LogP contribution in [-0.4, -0.2) is 53.6 Å². The van der Waals surface area contributed by atoms with Crippen LogP contribution in [0.1, 0.15) is 17.0 Å². The number of ether oxygens (including phenoxy) is 1. The fraction of sp³-hybridized carbons (Fsp3) is 0.250. The van der Waals surface area contributed by atoms with E-state index in [2.05, 4.69) is 20.2 Å². The van der Waals surface area contributed by atoms with Gasteiger partial charge in [0.2, 0.25) is 0 Å². The van der Waals surface area contributed by atoms with Gasteiger partial charge in [-0.1, -0.05) is 24.3 Å². The van der Waals surface area contributed by atoms with Gasteiger partial charge in [0.1, 0.15) is 42.0 Å². The highest BCUT2D eigenvalue weighted by Crippen LogP contribution is 2.28. The van der Waals surface area contributed by atoms with Gasteiger partial charge in [0.15, 0.2) is 12.4 Å². The lowest BCUT2D eigenvalue weighted by Crippen LogP contribution is -2.37. The van der Waals surface area contributed by atoms with E-state index in [1.54, 1.807) is 6.08 Å². The average molecular weight is 538 g/mol. The van der Waals surface area contributed by atoms with E-state index in [4.69, 9.17) is 4.74 Å². The molecule has 0 spiro atoms. The van der Waals surface area contributed by atoms with E-state index >= 15 is 0 Å². The van der Waals surface area contributed by atoms with Gasteiger partial charge in [0.05, 0.1) is 13.1 Å². The van der Waals surface area contributed by atoms with Gasteiger partial charge in [0, 0.05) is 11.6 Å². The Balaban J connectivity index is 1.45. The Bertz CT molecular complexity index is 1380. The van der Waals surface area contributed by atoms with Crippen LogP contribution < -0.4 is 4.74 Å². The molecule has 0 bridgehead atoms. The van der Waals surface area contributed by atoms with Crippen LogP contribution in [0.5, 0.6) is 5.75 Å². The first-order valence-electron chi connectivity index (χ1n) is 11.0. The molecule has 8 nitrogen and oxygen atoms in total. The van der Waals surface area contributed by atoms with E-state index in [0.717, 1.165) is 12.1 Å². The molecule has 0 fully saturated rings. The first-order chi connectivity index (χ1) is 18.0. The van der Waals surface area contributed by atoms with Gasteiger partial charge in [-0.2, -0.15) is 19.0 Å². The molecule has 200 valence electrons. The molecule has 2 aromatic carbocycles. The van der Waals surface area contributed by atoms with Crippen molar-refractivity contribution in [2.45, 2.75) is 31.0 Å². The minimum Gasteiger partial charge on any atom is -0.487 e. The number of halogens is 6. The Morgan fingerprint density at radius 3 is 2.37 bits per heavy atom. The van der Waals surface area contributed by atoms with Gasteiger partial charge >= 0.3 is 12.3 Å². The van der Waals surface area contributed by atoms with Crippen LogP contribution >= 0.6 is 0 Å². The summed E-state index contributed by atoms with van der Waals surface area (Å²) in [6.45, 7) is -1.92. The molecule has 1 unspecified atom stereocenters. The van der Waals surface area contributed by atoms with Crippen LogP contribution in [0.4, 0.5) is 26.3 Å². The Morgan fingerprint density at radius 2 is 1.71 bits per heavy atom. The van der Waals surface area contributed by atoms with Crippen molar-refractivity contribution in [3.8, 4) is 5.75 Å². The minimum absolute atomic E-state index is 0.00966. The van der Waals surface area contributed by atoms with Crippen molar-refractivity contribution in [1.82, 2.24) is 29.5 Å². The largest absolute Gasteiger partial charge is 0.487 e. The monoisotopic (exact) mass is 538 g/mol. The third-order valence-electron chi connectivity index (χ3n) is 5.36. The van der Waals surface area contributed by atoms with Crippen LogP contribution in [0.3, 0.4) is 0 Å². The molecule has 4 aromatic rings. The maximum atomic E-state index is 14.6. The van der Waals surface area contributed by atoms with Crippen molar-refractivity contribution in [2.75, 3.05) is 6.61 Å². The number of rotatable bonds is 11. The molecule has 0 amide bonds. The van der Waals surface area contributed by atoms with E-state index in [1.807, 2.05) is 0 Å². The normalized spacial score (nSPS) is 13.8. The van der Waals surface area contributed by atoms with Crippen molar-refractivity contribution < 1.29 is 36.2 Å². The standard InChI is InChI=1S/C24H20F6N6O2/c25-17-4-7-19(20(26)9-17)23(37,10-35-14-31-13-33-35)11-36-15-32-21(34-36)8-3-16-1-5-18(6-2-16)38-12-24(29,30)22(27)28/h1-9,13-15,22,37H,10-12H2. The molecule has 1 atom stereocenters. The van der Waals surface area contributed by atoms with Gasteiger partial charge in [-0.25, -0.2) is 36.9 Å². The van der Waals surface area contributed by atoms with Crippen molar-refractivity contribution in [3.05, 3.63) is 90.0 Å². The second-order valence-electron chi connectivity index (χ2n) is 8.30. The van der Waals surface area contributed by atoms with Crippen LogP contribution in [0.2, 0.25) is 0 Å². The summed E-state index contributed by atoms with van der Waals surface area (Å²) in [5, 5.41) is 19.6. The smallest absolute Gasteiger partial charge is 0.340 e. The quantitative estimate of drug-likeness (QED) is 0.288. The van der Waals surface area contributed by atoms with Crippen LogP contribution in [0, 0.1) is 11.6 Å². The van der Waals surface area contributed by atoms with Crippen molar-refractivity contribution in [2.24, 2.45) is 0 Å². The number of aromatic nitrogens is 6. The number of aliphatic hydroxyl groups is 1. The number of alkyl halides is 4. The van der Waals surface area contributed by atoms with E-state index in [9.17, 15) is 31.4 Å². The van der Waals surface area contributed by atoms with Gasteiger partial charge in [-0.05, 0) is 29.8 Å². The first kappa shape index (κ1) is 26.9. The van der Waals surface area contributed by atoms with Crippen LogP contribution in [0.25, 0.3) is 12.2 Å². The maximum absolute atomic E-state index is 14.6. The molecule has 38 heavy (non-hydrogen) atoms. The van der Waals surface area contributed by atoms with E-state index in [-0.39, 0.29) is 30.2 Å². The van der Waals surface area contributed by atoms with Gasteiger partial charge in [0.25, 0.3) is 0 Å². The van der Waals surface area contributed by atoms with Crippen molar-refractivity contribution in [1.29, 1.82) is 0 Å². The zero-order valence-electron chi connectivity index (χ0n) is 19.4. The summed E-state index contributed by atoms with van der Waals surface area (Å²) in [6.07, 6.45) is 3.18. The Labute approximate surface area is 211 Å². The van der Waals surface area contributed by atoms with E-state index in [1.165, 1.54) is 58.7 Å². The van der Waals surface area contributed by atoms with Crippen LogP contribution in [-0.2, 0) is 18.7 Å². The number of hydrogen-bond donors (Lipinski definition) is 1. The summed E-state index contributed by atoms with van der Waals surface area (Å²) in [5.74, 6) is -5.78. The first-order valence-corrected chi connectivity index (χ1v) is 11.0. The lowest BCUT2D eigenvalue weighted by Gasteiger charge is -2.28. The molecule has 2 heterocycles. The maximum Gasteiger partial charge on any atom is 0.340 e. The zero-order chi connectivity index (χ0) is 27.3. The summed E-state index contributed by atoms with van der Waals surface area (Å²) >= 11 is 0. The molecule has 0 radical (unpaired) electrons. The molecule has 0 aliphatic carbocycles. The highest BCUT2D eigenvalue weighted by atomic mass is 19.3. The molecule has 2 aromatic heterocycles. The fourth-order valence-electron chi connectivity index (χ4n) is 3.49. The molecule has 1 N–H and O–H groups in total. The molecular weight excluding hydrogens is 518 g/mol. The van der Waals surface area contributed by atoms with Crippen molar-refractivity contribution >= 4 is 12.2 Å². The molecule has 0 aliphatic heterocycles. The second-order valence-corrected chi connectivity index (χ2v) is 8.30. The third kappa shape index (κ3) is 6.56. The highest BCUT2D eigenvalue weighted by molar-refractivity contribution is 5.66. The predicted octanol–water partition coefficient (Wildman–Crippen LogP) is 4.19. The Kier molecular flexibility index (Phi) is 7.80. The summed E-state index contributed by atoms with van der Waals surface area (Å²) in [4.78, 5) is 7.93. The van der Waals surface area contributed by atoms with Crippen molar-refractivity contribution in [3.63, 3.8) is 0 Å². The molecule has 0 saturated carbocycles. The number of hydrogen-bond acceptors (Lipinski definition) is 6. The zero-order valence-corrected chi connectivity index (χ0v) is 19.4. The molecule has 0 saturated heterocycles. The van der Waals surface area contributed by atoms with Gasteiger partial charge in [-0.3, -0.25) is 0 Å². The van der Waals surface area contributed by atoms with Gasteiger partial charge in [-0.15, -0.1) is 0 Å². The SMILES string of the molecule is OC(Cn1cncn1)(Cn1cnc(C=Cc2ccc(OCC(F)(F)C(F)F)cc2)n1)c1ccc(F)cc1F. The number of benzene rings is 2. The lowest BCUT2D eigenvalue weighted by atomic mass is 9.93. The van der Waals surface area contributed by atoms with E-state index < -0.39 is 36.2 Å². The summed E-state index contributed by atoms with van der Waals surface area (Å²) < 4.78 is 85.8. The molecule has 14 heteroatoms. The fourth-order valence-corrected chi connectivity index (χ4v) is 3.49. The van der Waals surface area contributed by atoms with Gasteiger partial charge < -0.3 is 9.84 Å². The predicted molar refractivity (Wildman–Crippen MR) is 122 cm³/mol. The highest BCUT2D eigenvalue weighted by Gasteiger charge is 2.41. The third-order valence-corrected chi connectivity index (χ3v) is 5.36.